The summed E-state index contributed by atoms with van der Waals surface area (Å²) < 4.78 is 10.6. The fraction of sp³-hybridized carbons (Fsp3) is 0.667. The van der Waals surface area contributed by atoms with Gasteiger partial charge in [-0.05, 0) is 61.1 Å². The molecule has 0 bridgehead atoms. The van der Waals surface area contributed by atoms with Gasteiger partial charge in [0.05, 0.1) is 19.3 Å². The Morgan fingerprint density at radius 2 is 2.09 bits per heavy atom. The Labute approximate surface area is 196 Å². The molecule has 186 valence electrons. The Bertz CT molecular complexity index is 802. The second-order valence-electron chi connectivity index (χ2n) is 8.99. The number of aliphatic hydroxyl groups is 2. The molecule has 6 atom stereocenters. The Morgan fingerprint density at radius 3 is 2.73 bits per heavy atom. The molecule has 0 aromatic heterocycles. The summed E-state index contributed by atoms with van der Waals surface area (Å²) in [5, 5.41) is 34.4. The van der Waals surface area contributed by atoms with E-state index >= 15 is 0 Å². The van der Waals surface area contributed by atoms with Crippen molar-refractivity contribution in [3.63, 3.8) is 0 Å². The number of carbonyl (C=O) groups excluding carboxylic acids is 1. The minimum atomic E-state index is -0.717. The van der Waals surface area contributed by atoms with Crippen LogP contribution in [0.5, 0.6) is 11.5 Å². The number of aryl methyl sites for hydroxylation is 1. The van der Waals surface area contributed by atoms with E-state index in [9.17, 15) is 20.1 Å². The molecule has 1 aliphatic rings. The Morgan fingerprint density at radius 1 is 1.36 bits per heavy atom. The molecule has 2 rings (SSSR count). The third kappa shape index (κ3) is 8.08. The van der Waals surface area contributed by atoms with Crippen LogP contribution < -0.4 is 15.8 Å². The van der Waals surface area contributed by atoms with Crippen LogP contribution in [-0.2, 0) is 16.0 Å². The Hall–Kier alpha value is -2.52. The van der Waals surface area contributed by atoms with Gasteiger partial charge in [-0.2, -0.15) is 0 Å². The third-order valence-corrected chi connectivity index (χ3v) is 6.67. The maximum absolute atomic E-state index is 11.7. The number of nitrogens with two attached hydrogens (primary N) is 1. The number of aliphatic hydroxyl groups excluding tert-OH is 2. The van der Waals surface area contributed by atoms with Crippen LogP contribution in [0.2, 0.25) is 0 Å². The number of carbonyl (C=O) groups is 1. The quantitative estimate of drug-likeness (QED) is 0.199. The topological polar surface area (TPSA) is 147 Å². The van der Waals surface area contributed by atoms with E-state index in [2.05, 4.69) is 10.3 Å². The first kappa shape index (κ1) is 26.7. The van der Waals surface area contributed by atoms with Gasteiger partial charge in [-0.1, -0.05) is 13.0 Å². The van der Waals surface area contributed by atoms with Crippen LogP contribution in [0.3, 0.4) is 0 Å². The van der Waals surface area contributed by atoms with Crippen LogP contribution in [0.1, 0.15) is 45.1 Å². The highest BCUT2D eigenvalue weighted by Crippen LogP contribution is 2.37. The van der Waals surface area contributed by atoms with Gasteiger partial charge in [-0.15, -0.1) is 0 Å². The smallest absolute Gasteiger partial charge is 0.302 e. The maximum Gasteiger partial charge on any atom is 0.302 e. The van der Waals surface area contributed by atoms with Crippen LogP contribution in [-0.4, -0.2) is 66.3 Å². The third-order valence-electron chi connectivity index (χ3n) is 6.67. The van der Waals surface area contributed by atoms with Crippen molar-refractivity contribution in [2.45, 2.75) is 64.3 Å². The van der Waals surface area contributed by atoms with Crippen LogP contribution in [0, 0.1) is 17.8 Å². The number of phenolic OH excluding ortho intramolecular Hbond substituents is 1. The van der Waals surface area contributed by atoms with Crippen molar-refractivity contribution in [3.8, 4) is 11.5 Å². The predicted octanol–water partition coefficient (Wildman–Crippen LogP) is 1.57. The van der Waals surface area contributed by atoms with Crippen molar-refractivity contribution in [3.05, 3.63) is 23.8 Å². The van der Waals surface area contributed by atoms with E-state index in [1.54, 1.807) is 25.2 Å². The van der Waals surface area contributed by atoms with Gasteiger partial charge in [0.25, 0.3) is 0 Å². The van der Waals surface area contributed by atoms with E-state index in [0.29, 0.717) is 43.9 Å². The maximum atomic E-state index is 11.7. The molecule has 1 fully saturated rings. The number of hydrogen-bond acceptors (Lipinski definition) is 7. The Balaban J connectivity index is 2.01. The minimum absolute atomic E-state index is 0.0642. The highest BCUT2D eigenvalue weighted by atomic mass is 16.5. The number of aromatic hydroxyl groups is 1. The van der Waals surface area contributed by atoms with Gasteiger partial charge in [-0.25, -0.2) is 0 Å². The van der Waals surface area contributed by atoms with Crippen molar-refractivity contribution < 1.29 is 29.6 Å². The first-order valence-corrected chi connectivity index (χ1v) is 11.5. The first-order valence-electron chi connectivity index (χ1n) is 11.5. The number of benzene rings is 1. The molecule has 1 saturated carbocycles. The largest absolute Gasteiger partial charge is 0.504 e. The SMILES string of the molecule is CN=C(N)NC[C@H]1C[C@@H]([C@H](O)C[C@@H](CCc2ccc(O)c(OC)c2)OC(C)=O)C[C@@H](O)[C@H]1C. The number of esters is 1. The van der Waals surface area contributed by atoms with Crippen molar-refractivity contribution >= 4 is 11.9 Å². The number of aliphatic imine (C=N–C) groups is 1. The van der Waals surface area contributed by atoms with Crippen LogP contribution in [0.4, 0.5) is 0 Å². The summed E-state index contributed by atoms with van der Waals surface area (Å²) in [6.45, 7) is 3.93. The molecular formula is C24H39N3O6. The molecule has 0 saturated heterocycles. The molecule has 1 aliphatic carbocycles. The molecule has 6 N–H and O–H groups in total. The lowest BCUT2D eigenvalue weighted by Gasteiger charge is -2.40. The van der Waals surface area contributed by atoms with Crippen molar-refractivity contribution in [1.29, 1.82) is 0 Å². The zero-order chi connectivity index (χ0) is 24.5. The van der Waals surface area contributed by atoms with Crippen molar-refractivity contribution in [2.24, 2.45) is 28.5 Å². The second-order valence-corrected chi connectivity index (χ2v) is 8.99. The zero-order valence-corrected chi connectivity index (χ0v) is 20.0. The van der Waals surface area contributed by atoms with Gasteiger partial charge in [0, 0.05) is 26.9 Å². The average molecular weight is 466 g/mol. The molecular weight excluding hydrogens is 426 g/mol. The summed E-state index contributed by atoms with van der Waals surface area (Å²) in [5.74, 6) is 0.480. The second kappa shape index (κ2) is 12.6. The molecule has 9 nitrogen and oxygen atoms in total. The molecule has 0 unspecified atom stereocenters. The molecule has 9 heteroatoms. The number of hydrogen-bond donors (Lipinski definition) is 5. The van der Waals surface area contributed by atoms with Gasteiger partial charge < -0.3 is 35.8 Å². The summed E-state index contributed by atoms with van der Waals surface area (Å²) in [5.41, 5.74) is 6.67. The molecule has 0 aliphatic heterocycles. The van der Waals surface area contributed by atoms with Crippen LogP contribution in [0.15, 0.2) is 23.2 Å². The van der Waals surface area contributed by atoms with E-state index in [0.717, 1.165) is 12.0 Å². The van der Waals surface area contributed by atoms with Gasteiger partial charge in [0.2, 0.25) is 0 Å². The highest BCUT2D eigenvalue weighted by Gasteiger charge is 2.37. The molecule has 0 spiro atoms. The van der Waals surface area contributed by atoms with Crippen molar-refractivity contribution in [1.82, 2.24) is 5.32 Å². The lowest BCUT2D eigenvalue weighted by atomic mass is 9.70. The van der Waals surface area contributed by atoms with Crippen molar-refractivity contribution in [2.75, 3.05) is 20.7 Å². The summed E-state index contributed by atoms with van der Waals surface area (Å²) in [4.78, 5) is 15.6. The van der Waals surface area contributed by atoms with E-state index in [1.165, 1.54) is 14.0 Å². The normalized spacial score (nSPS) is 25.2. The highest BCUT2D eigenvalue weighted by molar-refractivity contribution is 5.77. The standard InChI is InChI=1S/C24H39N3O6/c1-14-18(13-27-24(25)26-3)10-17(11-21(14)30)22(31)12-19(33-15(2)28)7-5-16-6-8-20(29)23(9-16)32-4/h6,8-9,14,17-19,21-22,29-31H,5,7,10-13H2,1-4H3,(H3,25,26,27)/t14-,17+,18+,19+,21+,22+/m0/s1. The fourth-order valence-electron chi connectivity index (χ4n) is 4.56. The van der Waals surface area contributed by atoms with Gasteiger partial charge in [-0.3, -0.25) is 9.79 Å². The summed E-state index contributed by atoms with van der Waals surface area (Å²) in [7, 11) is 3.10. The first-order chi connectivity index (χ1) is 15.6. The molecule has 1 aromatic rings. The molecule has 0 amide bonds. The minimum Gasteiger partial charge on any atom is -0.504 e. The van der Waals surface area contributed by atoms with Crippen LogP contribution in [0.25, 0.3) is 0 Å². The number of ether oxygens (including phenoxy) is 2. The number of rotatable bonds is 10. The molecule has 0 radical (unpaired) electrons. The lowest BCUT2D eigenvalue weighted by Crippen LogP contribution is -2.45. The van der Waals surface area contributed by atoms with Gasteiger partial charge in [0.1, 0.15) is 6.10 Å². The summed E-state index contributed by atoms with van der Waals surface area (Å²) >= 11 is 0. The monoisotopic (exact) mass is 465 g/mol. The number of guanidine groups is 1. The van der Waals surface area contributed by atoms with E-state index < -0.39 is 24.3 Å². The van der Waals surface area contributed by atoms with Gasteiger partial charge >= 0.3 is 5.97 Å². The van der Waals surface area contributed by atoms with E-state index in [1.807, 2.05) is 6.92 Å². The number of nitrogens with zero attached hydrogens (tertiary/aromatic N) is 1. The van der Waals surface area contributed by atoms with Gasteiger partial charge in [0.15, 0.2) is 17.5 Å². The number of methoxy groups -OCH3 is 1. The number of nitrogens with one attached hydrogen (secondary N) is 1. The lowest BCUT2D eigenvalue weighted by molar-refractivity contribution is -0.149. The van der Waals surface area contributed by atoms with E-state index in [-0.39, 0.29) is 23.5 Å². The molecule has 33 heavy (non-hydrogen) atoms. The summed E-state index contributed by atoms with van der Waals surface area (Å²) in [6.07, 6.45) is 0.918. The summed E-state index contributed by atoms with van der Waals surface area (Å²) in [6, 6.07) is 5.11. The zero-order valence-electron chi connectivity index (χ0n) is 20.0. The molecule has 0 heterocycles. The number of phenols is 1. The average Bonchev–Trinajstić information content (AvgIpc) is 2.78. The Kier molecular flexibility index (Phi) is 10.2. The molecule has 1 aromatic carbocycles. The van der Waals surface area contributed by atoms with E-state index in [4.69, 9.17) is 15.2 Å². The fourth-order valence-corrected chi connectivity index (χ4v) is 4.56. The van der Waals surface area contributed by atoms with Crippen LogP contribution >= 0.6 is 0 Å². The predicted molar refractivity (Wildman–Crippen MR) is 126 cm³/mol.